The van der Waals surface area contributed by atoms with Crippen LogP contribution in [0.4, 0.5) is 4.79 Å². The quantitative estimate of drug-likeness (QED) is 0.754. The summed E-state index contributed by atoms with van der Waals surface area (Å²) < 4.78 is 1.03. The Hall–Kier alpha value is -1.40. The Balaban J connectivity index is 2.66. The molecular formula is C14H21BrN3O2+. The third kappa shape index (κ3) is 4.94. The van der Waals surface area contributed by atoms with Gasteiger partial charge in [-0.15, -0.1) is 0 Å². The summed E-state index contributed by atoms with van der Waals surface area (Å²) in [6.45, 7) is 3.87. The first-order valence-corrected chi connectivity index (χ1v) is 7.40. The molecule has 0 spiro atoms. The Labute approximate surface area is 127 Å². The maximum absolute atomic E-state index is 11.8. The van der Waals surface area contributed by atoms with E-state index in [1.807, 2.05) is 29.6 Å². The van der Waals surface area contributed by atoms with E-state index in [1.54, 1.807) is 6.92 Å². The molecule has 3 amide bonds. The minimum Gasteiger partial charge on any atom is -0.341 e. The van der Waals surface area contributed by atoms with Gasteiger partial charge in [-0.2, -0.15) is 0 Å². The number of imide groups is 1. The SMILES string of the molecule is CC[C@@H]([NH2+][C@H](C)C(=O)NC(=O)NC)c1ccc(Br)cc1. The highest BCUT2D eigenvalue weighted by Gasteiger charge is 2.23. The lowest BCUT2D eigenvalue weighted by molar-refractivity contribution is -0.713. The zero-order chi connectivity index (χ0) is 15.1. The van der Waals surface area contributed by atoms with E-state index in [0.717, 1.165) is 16.5 Å². The molecule has 0 saturated heterocycles. The summed E-state index contributed by atoms with van der Waals surface area (Å²) in [5.74, 6) is -0.292. The van der Waals surface area contributed by atoms with E-state index in [-0.39, 0.29) is 18.0 Å². The zero-order valence-electron chi connectivity index (χ0n) is 11.9. The molecule has 0 aliphatic rings. The smallest absolute Gasteiger partial charge is 0.321 e. The Morgan fingerprint density at radius 2 is 1.90 bits per heavy atom. The third-order valence-electron chi connectivity index (χ3n) is 3.14. The van der Waals surface area contributed by atoms with Crippen LogP contribution < -0.4 is 16.0 Å². The van der Waals surface area contributed by atoms with Gasteiger partial charge >= 0.3 is 6.03 Å². The molecule has 4 N–H and O–H groups in total. The van der Waals surface area contributed by atoms with Crippen molar-refractivity contribution >= 4 is 27.9 Å². The molecule has 110 valence electrons. The highest BCUT2D eigenvalue weighted by molar-refractivity contribution is 9.10. The second-order valence-corrected chi connectivity index (χ2v) is 5.53. The van der Waals surface area contributed by atoms with Gasteiger partial charge in [0.1, 0.15) is 6.04 Å². The fourth-order valence-corrected chi connectivity index (χ4v) is 2.18. The number of hydrogen-bond acceptors (Lipinski definition) is 2. The van der Waals surface area contributed by atoms with Gasteiger partial charge in [-0.25, -0.2) is 4.79 Å². The standard InChI is InChI=1S/C14H20BrN3O2/c1-4-12(10-5-7-11(15)8-6-10)17-9(2)13(19)18-14(20)16-3/h5-9,12,17H,4H2,1-3H3,(H2,16,18,19,20)/p+1/t9-,12-/m1/s1. The van der Waals surface area contributed by atoms with Crippen molar-refractivity contribution in [3.63, 3.8) is 0 Å². The number of hydrogen-bond donors (Lipinski definition) is 3. The van der Waals surface area contributed by atoms with Crippen molar-refractivity contribution in [2.24, 2.45) is 0 Å². The first kappa shape index (κ1) is 16.7. The van der Waals surface area contributed by atoms with Crippen molar-refractivity contribution in [1.29, 1.82) is 0 Å². The molecule has 1 aromatic carbocycles. The van der Waals surface area contributed by atoms with Gasteiger partial charge in [0.05, 0.1) is 0 Å². The predicted molar refractivity (Wildman–Crippen MR) is 81.2 cm³/mol. The lowest BCUT2D eigenvalue weighted by Crippen LogP contribution is -2.92. The molecule has 1 rings (SSSR count). The summed E-state index contributed by atoms with van der Waals surface area (Å²) in [6.07, 6.45) is 0.902. The van der Waals surface area contributed by atoms with E-state index in [9.17, 15) is 9.59 Å². The van der Waals surface area contributed by atoms with Crippen molar-refractivity contribution in [1.82, 2.24) is 10.6 Å². The molecule has 0 fully saturated rings. The second kappa shape index (κ2) is 8.01. The van der Waals surface area contributed by atoms with E-state index in [0.29, 0.717) is 0 Å². The zero-order valence-corrected chi connectivity index (χ0v) is 13.5. The van der Waals surface area contributed by atoms with Crippen molar-refractivity contribution in [2.75, 3.05) is 7.05 Å². The summed E-state index contributed by atoms with van der Waals surface area (Å²) in [5, 5.41) is 6.63. The first-order chi connectivity index (χ1) is 9.47. The Morgan fingerprint density at radius 3 is 2.40 bits per heavy atom. The number of rotatable bonds is 5. The number of carbonyl (C=O) groups is 2. The summed E-state index contributed by atoms with van der Waals surface area (Å²) in [5.41, 5.74) is 1.16. The van der Waals surface area contributed by atoms with Crippen LogP contribution in [-0.4, -0.2) is 25.0 Å². The van der Waals surface area contributed by atoms with Gasteiger partial charge in [-0.05, 0) is 19.1 Å². The topological polar surface area (TPSA) is 74.8 Å². The fraction of sp³-hybridized carbons (Fsp3) is 0.429. The minimum atomic E-state index is -0.480. The minimum absolute atomic E-state index is 0.188. The van der Waals surface area contributed by atoms with Crippen LogP contribution in [0.2, 0.25) is 0 Å². The van der Waals surface area contributed by atoms with E-state index in [1.165, 1.54) is 7.05 Å². The largest absolute Gasteiger partial charge is 0.341 e. The van der Waals surface area contributed by atoms with Crippen LogP contribution in [-0.2, 0) is 4.79 Å². The van der Waals surface area contributed by atoms with Gasteiger partial charge in [-0.3, -0.25) is 10.1 Å². The number of carbonyl (C=O) groups excluding carboxylic acids is 2. The fourth-order valence-electron chi connectivity index (χ4n) is 1.92. The van der Waals surface area contributed by atoms with Crippen LogP contribution in [0.3, 0.4) is 0 Å². The maximum Gasteiger partial charge on any atom is 0.321 e. The Kier molecular flexibility index (Phi) is 6.67. The van der Waals surface area contributed by atoms with Gasteiger partial charge in [-0.1, -0.05) is 35.0 Å². The van der Waals surface area contributed by atoms with Gasteiger partial charge in [0.25, 0.3) is 5.91 Å². The van der Waals surface area contributed by atoms with Crippen LogP contribution in [0.1, 0.15) is 31.9 Å². The second-order valence-electron chi connectivity index (χ2n) is 4.62. The number of nitrogens with two attached hydrogens (primary N) is 1. The molecule has 0 aliphatic carbocycles. The first-order valence-electron chi connectivity index (χ1n) is 6.61. The number of benzene rings is 1. The summed E-state index contributed by atoms with van der Waals surface area (Å²) in [6, 6.07) is 7.43. The molecule has 0 saturated carbocycles. The van der Waals surface area contributed by atoms with E-state index >= 15 is 0 Å². The average molecular weight is 343 g/mol. The molecule has 0 bridgehead atoms. The normalized spacial score (nSPS) is 13.4. The molecule has 6 heteroatoms. The van der Waals surface area contributed by atoms with Gasteiger partial charge in [0.15, 0.2) is 6.04 Å². The van der Waals surface area contributed by atoms with Gasteiger partial charge in [0.2, 0.25) is 0 Å². The van der Waals surface area contributed by atoms with Crippen LogP contribution in [0, 0.1) is 0 Å². The molecule has 0 heterocycles. The van der Waals surface area contributed by atoms with Crippen LogP contribution >= 0.6 is 15.9 Å². The van der Waals surface area contributed by atoms with E-state index in [4.69, 9.17) is 0 Å². The number of amides is 3. The lowest BCUT2D eigenvalue weighted by Gasteiger charge is -2.18. The van der Waals surface area contributed by atoms with Crippen LogP contribution in [0.25, 0.3) is 0 Å². The molecule has 2 atom stereocenters. The maximum atomic E-state index is 11.8. The highest BCUT2D eigenvalue weighted by atomic mass is 79.9. The predicted octanol–water partition coefficient (Wildman–Crippen LogP) is 1.31. The van der Waals surface area contributed by atoms with E-state index < -0.39 is 6.03 Å². The number of halogens is 1. The number of nitrogens with one attached hydrogen (secondary N) is 2. The van der Waals surface area contributed by atoms with Crippen molar-refractivity contribution in [2.45, 2.75) is 32.4 Å². The lowest BCUT2D eigenvalue weighted by atomic mass is 10.0. The third-order valence-corrected chi connectivity index (χ3v) is 3.66. The molecule has 0 radical (unpaired) electrons. The molecule has 5 nitrogen and oxygen atoms in total. The van der Waals surface area contributed by atoms with Crippen molar-refractivity contribution < 1.29 is 14.9 Å². The van der Waals surface area contributed by atoms with E-state index in [2.05, 4.69) is 33.5 Å². The molecular weight excluding hydrogens is 322 g/mol. The number of urea groups is 1. The monoisotopic (exact) mass is 342 g/mol. The van der Waals surface area contributed by atoms with Crippen molar-refractivity contribution in [3.8, 4) is 0 Å². The summed E-state index contributed by atoms with van der Waals surface area (Å²) in [4.78, 5) is 23.0. The van der Waals surface area contributed by atoms with Gasteiger partial charge in [0, 0.05) is 23.5 Å². The molecule has 0 unspecified atom stereocenters. The Morgan fingerprint density at radius 1 is 1.30 bits per heavy atom. The Bertz CT molecular complexity index is 462. The number of quaternary nitrogens is 1. The van der Waals surface area contributed by atoms with Crippen LogP contribution in [0.15, 0.2) is 28.7 Å². The van der Waals surface area contributed by atoms with Crippen LogP contribution in [0.5, 0.6) is 0 Å². The molecule has 0 aliphatic heterocycles. The summed E-state index contributed by atoms with van der Waals surface area (Å²) >= 11 is 3.41. The van der Waals surface area contributed by atoms with Gasteiger partial charge < -0.3 is 10.6 Å². The van der Waals surface area contributed by atoms with Crippen molar-refractivity contribution in [3.05, 3.63) is 34.3 Å². The summed E-state index contributed by atoms with van der Waals surface area (Å²) in [7, 11) is 1.48. The molecule has 1 aromatic rings. The average Bonchev–Trinajstić information content (AvgIpc) is 2.45. The highest BCUT2D eigenvalue weighted by Crippen LogP contribution is 2.16. The molecule has 0 aromatic heterocycles. The molecule has 20 heavy (non-hydrogen) atoms.